The van der Waals surface area contributed by atoms with E-state index in [1.807, 2.05) is 25.1 Å². The van der Waals surface area contributed by atoms with Gasteiger partial charge in [0.15, 0.2) is 11.5 Å². The molecule has 0 bridgehead atoms. The molecular weight excluding hydrogens is 246 g/mol. The fourth-order valence-electron chi connectivity index (χ4n) is 2.01. The highest BCUT2D eigenvalue weighted by molar-refractivity contribution is 5.44. The summed E-state index contributed by atoms with van der Waals surface area (Å²) in [5.41, 5.74) is 0.821. The lowest BCUT2D eigenvalue weighted by atomic mass is 10.1. The number of rotatable bonds is 6. The quantitative estimate of drug-likeness (QED) is 0.808. The fraction of sp³-hybridized carbons (Fsp3) is 0.571. The zero-order valence-corrected chi connectivity index (χ0v) is 11.4. The number of hydrogen-bond donors (Lipinski definition) is 2. The van der Waals surface area contributed by atoms with Crippen LogP contribution in [0, 0.1) is 0 Å². The minimum absolute atomic E-state index is 0.205. The lowest BCUT2D eigenvalue weighted by Crippen LogP contribution is -2.33. The summed E-state index contributed by atoms with van der Waals surface area (Å²) in [6.07, 6.45) is -0.574. The van der Waals surface area contributed by atoms with Crippen LogP contribution >= 0.6 is 0 Å². The average Bonchev–Trinajstić information content (AvgIpc) is 2.44. The monoisotopic (exact) mass is 267 g/mol. The molecule has 5 heteroatoms. The van der Waals surface area contributed by atoms with Crippen molar-refractivity contribution in [3.8, 4) is 11.5 Å². The van der Waals surface area contributed by atoms with Gasteiger partial charge in [-0.3, -0.25) is 0 Å². The van der Waals surface area contributed by atoms with Gasteiger partial charge in [-0.15, -0.1) is 0 Å². The second-order valence-electron chi connectivity index (χ2n) is 4.68. The summed E-state index contributed by atoms with van der Waals surface area (Å²) in [5, 5.41) is 13.4. The van der Waals surface area contributed by atoms with Crippen LogP contribution in [0.1, 0.15) is 18.6 Å². The van der Waals surface area contributed by atoms with Crippen molar-refractivity contribution in [3.05, 3.63) is 23.8 Å². The lowest BCUT2D eigenvalue weighted by Gasteiger charge is -2.21. The third-order valence-electron chi connectivity index (χ3n) is 3.03. The molecule has 1 heterocycles. The molecule has 2 N–H and O–H groups in total. The molecule has 0 aromatic heterocycles. The molecule has 0 fully saturated rings. The smallest absolute Gasteiger partial charge is 0.161 e. The summed E-state index contributed by atoms with van der Waals surface area (Å²) in [5.74, 6) is 1.44. The maximum absolute atomic E-state index is 10.1. The summed E-state index contributed by atoms with van der Waals surface area (Å²) < 4.78 is 16.0. The van der Waals surface area contributed by atoms with Gasteiger partial charge >= 0.3 is 0 Å². The van der Waals surface area contributed by atoms with Crippen LogP contribution in [-0.2, 0) is 4.74 Å². The molecule has 1 aliphatic rings. The molecule has 0 radical (unpaired) electrons. The van der Waals surface area contributed by atoms with E-state index < -0.39 is 6.10 Å². The standard InChI is InChI=1S/C14H21NO4/c1-10(9-17-2)15-8-12(16)11-3-4-13-14(7-11)19-6-5-18-13/h3-4,7,10,12,15-16H,5-6,8-9H2,1-2H3. The normalized spacial score (nSPS) is 17.0. The zero-order valence-electron chi connectivity index (χ0n) is 11.4. The molecular formula is C14H21NO4. The topological polar surface area (TPSA) is 60.0 Å². The molecule has 2 rings (SSSR count). The first kappa shape index (κ1) is 14.1. The third-order valence-corrected chi connectivity index (χ3v) is 3.03. The molecule has 0 saturated heterocycles. The second kappa shape index (κ2) is 6.75. The Morgan fingerprint density at radius 3 is 2.79 bits per heavy atom. The number of benzene rings is 1. The van der Waals surface area contributed by atoms with Crippen LogP contribution in [0.3, 0.4) is 0 Å². The fourth-order valence-corrected chi connectivity index (χ4v) is 2.01. The van der Waals surface area contributed by atoms with E-state index in [1.54, 1.807) is 7.11 Å². The number of ether oxygens (including phenoxy) is 3. The zero-order chi connectivity index (χ0) is 13.7. The second-order valence-corrected chi connectivity index (χ2v) is 4.68. The van der Waals surface area contributed by atoms with Crippen molar-refractivity contribution >= 4 is 0 Å². The Kier molecular flexibility index (Phi) is 5.01. The average molecular weight is 267 g/mol. The summed E-state index contributed by atoms with van der Waals surface area (Å²) in [4.78, 5) is 0. The third kappa shape index (κ3) is 3.83. The Morgan fingerprint density at radius 2 is 2.05 bits per heavy atom. The Morgan fingerprint density at radius 1 is 1.32 bits per heavy atom. The van der Waals surface area contributed by atoms with Crippen molar-refractivity contribution < 1.29 is 19.3 Å². The molecule has 0 aliphatic carbocycles. The van der Waals surface area contributed by atoms with E-state index in [-0.39, 0.29) is 6.04 Å². The number of methoxy groups -OCH3 is 1. The van der Waals surface area contributed by atoms with Crippen molar-refractivity contribution in [2.45, 2.75) is 19.1 Å². The highest BCUT2D eigenvalue weighted by Gasteiger charge is 2.15. The summed E-state index contributed by atoms with van der Waals surface area (Å²) >= 11 is 0. The van der Waals surface area contributed by atoms with E-state index in [9.17, 15) is 5.11 Å². The molecule has 0 amide bonds. The molecule has 0 saturated carbocycles. The van der Waals surface area contributed by atoms with Gasteiger partial charge in [0.05, 0.1) is 12.7 Å². The van der Waals surface area contributed by atoms with Crippen molar-refractivity contribution in [2.75, 3.05) is 33.5 Å². The predicted octanol–water partition coefficient (Wildman–Crippen LogP) is 1.12. The van der Waals surface area contributed by atoms with Gasteiger partial charge in [0.1, 0.15) is 13.2 Å². The van der Waals surface area contributed by atoms with Crippen molar-refractivity contribution in [3.63, 3.8) is 0 Å². The first-order valence-electron chi connectivity index (χ1n) is 6.50. The van der Waals surface area contributed by atoms with Gasteiger partial charge in [0, 0.05) is 19.7 Å². The van der Waals surface area contributed by atoms with E-state index >= 15 is 0 Å². The molecule has 1 aromatic rings. The molecule has 0 spiro atoms. The van der Waals surface area contributed by atoms with Crippen LogP contribution in [0.25, 0.3) is 0 Å². The van der Waals surface area contributed by atoms with Crippen LogP contribution in [-0.4, -0.2) is 44.6 Å². The molecule has 106 valence electrons. The number of nitrogens with one attached hydrogen (secondary N) is 1. The van der Waals surface area contributed by atoms with Crippen LogP contribution in [0.4, 0.5) is 0 Å². The first-order valence-corrected chi connectivity index (χ1v) is 6.50. The molecule has 2 unspecified atom stereocenters. The van der Waals surface area contributed by atoms with E-state index in [2.05, 4.69) is 5.32 Å². The SMILES string of the molecule is COCC(C)NCC(O)c1ccc2c(c1)OCCO2. The summed E-state index contributed by atoms with van der Waals surface area (Å²) in [6, 6.07) is 5.74. The first-order chi connectivity index (χ1) is 9.20. The molecule has 2 atom stereocenters. The van der Waals surface area contributed by atoms with Gasteiger partial charge in [-0.05, 0) is 24.6 Å². The van der Waals surface area contributed by atoms with E-state index in [0.717, 1.165) is 11.3 Å². The van der Waals surface area contributed by atoms with Gasteiger partial charge in [-0.2, -0.15) is 0 Å². The minimum atomic E-state index is -0.574. The van der Waals surface area contributed by atoms with Gasteiger partial charge < -0.3 is 24.6 Å². The predicted molar refractivity (Wildman–Crippen MR) is 71.7 cm³/mol. The van der Waals surface area contributed by atoms with Gasteiger partial charge in [-0.1, -0.05) is 6.07 Å². The van der Waals surface area contributed by atoms with Crippen molar-refractivity contribution in [1.29, 1.82) is 0 Å². The van der Waals surface area contributed by atoms with Crippen LogP contribution in [0.5, 0.6) is 11.5 Å². The maximum Gasteiger partial charge on any atom is 0.161 e. The highest BCUT2D eigenvalue weighted by atomic mass is 16.6. The van der Waals surface area contributed by atoms with Crippen LogP contribution < -0.4 is 14.8 Å². The van der Waals surface area contributed by atoms with E-state index in [1.165, 1.54) is 0 Å². The minimum Gasteiger partial charge on any atom is -0.486 e. The Bertz CT molecular complexity index is 410. The maximum atomic E-state index is 10.1. The Labute approximate surface area is 113 Å². The van der Waals surface area contributed by atoms with Gasteiger partial charge in [-0.25, -0.2) is 0 Å². The van der Waals surface area contributed by atoms with Crippen LogP contribution in [0.15, 0.2) is 18.2 Å². The summed E-state index contributed by atoms with van der Waals surface area (Å²) in [6.45, 7) is 4.23. The van der Waals surface area contributed by atoms with E-state index in [0.29, 0.717) is 32.1 Å². The Hall–Kier alpha value is -1.30. The largest absolute Gasteiger partial charge is 0.486 e. The van der Waals surface area contributed by atoms with E-state index in [4.69, 9.17) is 14.2 Å². The number of aliphatic hydroxyl groups is 1. The highest BCUT2D eigenvalue weighted by Crippen LogP contribution is 2.32. The molecule has 1 aromatic carbocycles. The summed E-state index contributed by atoms with van der Waals surface area (Å²) in [7, 11) is 1.66. The lowest BCUT2D eigenvalue weighted by molar-refractivity contribution is 0.142. The number of aliphatic hydroxyl groups excluding tert-OH is 1. The van der Waals surface area contributed by atoms with Gasteiger partial charge in [0.2, 0.25) is 0 Å². The molecule has 19 heavy (non-hydrogen) atoms. The molecule has 5 nitrogen and oxygen atoms in total. The molecule has 1 aliphatic heterocycles. The van der Waals surface area contributed by atoms with Crippen molar-refractivity contribution in [1.82, 2.24) is 5.32 Å². The Balaban J connectivity index is 1.93. The number of hydrogen-bond acceptors (Lipinski definition) is 5. The van der Waals surface area contributed by atoms with Gasteiger partial charge in [0.25, 0.3) is 0 Å². The van der Waals surface area contributed by atoms with Crippen LogP contribution in [0.2, 0.25) is 0 Å². The van der Waals surface area contributed by atoms with Crippen molar-refractivity contribution in [2.24, 2.45) is 0 Å². The number of fused-ring (bicyclic) bond motifs is 1.